The molecule has 0 saturated carbocycles. The molecule has 2 aromatic rings. The molecule has 29 heavy (non-hydrogen) atoms. The largest absolute Gasteiger partial charge is 0.482 e. The minimum absolute atomic E-state index is 0.241. The highest BCUT2D eigenvalue weighted by Crippen LogP contribution is 2.33. The predicted molar refractivity (Wildman–Crippen MR) is 109 cm³/mol. The third-order valence-electron chi connectivity index (χ3n) is 4.83. The van der Waals surface area contributed by atoms with E-state index in [1.807, 2.05) is 12.1 Å². The van der Waals surface area contributed by atoms with Gasteiger partial charge in [-0.05, 0) is 36.8 Å². The highest BCUT2D eigenvalue weighted by molar-refractivity contribution is 7.89. The van der Waals surface area contributed by atoms with Crippen LogP contribution in [0.25, 0.3) is 0 Å². The van der Waals surface area contributed by atoms with Gasteiger partial charge in [0.05, 0.1) is 4.90 Å². The molecule has 0 radical (unpaired) electrons. The molecule has 7 nitrogen and oxygen atoms in total. The molecule has 0 bridgehead atoms. The molecule has 156 valence electrons. The van der Waals surface area contributed by atoms with Gasteiger partial charge in [0, 0.05) is 19.6 Å². The molecule has 0 spiro atoms. The Morgan fingerprint density at radius 2 is 1.59 bits per heavy atom. The number of amides is 1. The van der Waals surface area contributed by atoms with Gasteiger partial charge >= 0.3 is 0 Å². The summed E-state index contributed by atoms with van der Waals surface area (Å²) in [7, 11) is -3.49. The van der Waals surface area contributed by atoms with E-state index in [0.29, 0.717) is 24.6 Å². The molecule has 0 saturated heterocycles. The van der Waals surface area contributed by atoms with Crippen LogP contribution in [-0.2, 0) is 21.4 Å². The van der Waals surface area contributed by atoms with Crippen molar-refractivity contribution in [2.24, 2.45) is 0 Å². The molecular weight excluding hydrogens is 392 g/mol. The highest BCUT2D eigenvalue weighted by Gasteiger charge is 2.33. The molecule has 2 aromatic carbocycles. The van der Waals surface area contributed by atoms with Crippen molar-refractivity contribution in [3.63, 3.8) is 0 Å². The number of carbonyl (C=O) groups is 1. The maximum Gasteiger partial charge on any atom is 0.265 e. The number of carbonyl (C=O) groups excluding carboxylic acids is 1. The van der Waals surface area contributed by atoms with E-state index in [0.717, 1.165) is 5.56 Å². The number of rotatable bonds is 7. The van der Waals surface area contributed by atoms with E-state index in [2.05, 4.69) is 5.32 Å². The molecule has 0 aliphatic carbocycles. The van der Waals surface area contributed by atoms with Crippen molar-refractivity contribution in [2.75, 3.05) is 13.1 Å². The van der Waals surface area contributed by atoms with Gasteiger partial charge in [0.1, 0.15) is 6.10 Å². The van der Waals surface area contributed by atoms with Crippen LogP contribution in [-0.4, -0.2) is 43.9 Å². The Bertz CT molecular complexity index is 955. The summed E-state index contributed by atoms with van der Waals surface area (Å²) in [6.45, 7) is 6.50. The van der Waals surface area contributed by atoms with Crippen molar-refractivity contribution < 1.29 is 22.7 Å². The summed E-state index contributed by atoms with van der Waals surface area (Å²) in [5, 5.41) is 2.83. The number of para-hydroxylation sites is 2. The lowest BCUT2D eigenvalue weighted by atomic mass is 10.1. The number of hydrogen-bond donors (Lipinski definition) is 1. The third-order valence-corrected chi connectivity index (χ3v) is 6.90. The fraction of sp³-hybridized carbons (Fsp3) is 0.381. The van der Waals surface area contributed by atoms with Crippen LogP contribution in [0, 0.1) is 0 Å². The molecule has 1 amide bonds. The molecule has 1 aliphatic heterocycles. The summed E-state index contributed by atoms with van der Waals surface area (Å²) in [6, 6.07) is 13.8. The zero-order valence-corrected chi connectivity index (χ0v) is 17.6. The summed E-state index contributed by atoms with van der Waals surface area (Å²) < 4.78 is 38.0. The summed E-state index contributed by atoms with van der Waals surface area (Å²) in [5.74, 6) is 0.873. The summed E-state index contributed by atoms with van der Waals surface area (Å²) in [5.41, 5.74) is 0.793. The molecule has 3 rings (SSSR count). The lowest BCUT2D eigenvalue weighted by molar-refractivity contribution is -0.133. The van der Waals surface area contributed by atoms with E-state index >= 15 is 0 Å². The smallest absolute Gasteiger partial charge is 0.265 e. The number of nitrogens with one attached hydrogen (secondary N) is 1. The zero-order valence-electron chi connectivity index (χ0n) is 16.8. The van der Waals surface area contributed by atoms with E-state index in [4.69, 9.17) is 9.47 Å². The molecule has 0 fully saturated rings. The molecular formula is C21H26N2O5S. The normalized spacial score (nSPS) is 18.5. The monoisotopic (exact) mass is 418 g/mol. The number of fused-ring (bicyclic) bond motifs is 1. The van der Waals surface area contributed by atoms with E-state index in [9.17, 15) is 13.2 Å². The first-order chi connectivity index (χ1) is 13.9. The van der Waals surface area contributed by atoms with Crippen molar-refractivity contribution in [1.29, 1.82) is 0 Å². The first kappa shape index (κ1) is 21.1. The van der Waals surface area contributed by atoms with E-state index < -0.39 is 22.2 Å². The van der Waals surface area contributed by atoms with E-state index in [1.54, 1.807) is 57.2 Å². The molecule has 1 aliphatic rings. The Labute approximate surface area is 171 Å². The first-order valence-corrected chi connectivity index (χ1v) is 11.1. The predicted octanol–water partition coefficient (Wildman–Crippen LogP) is 2.56. The maximum atomic E-state index is 12.6. The van der Waals surface area contributed by atoms with Crippen molar-refractivity contribution in [3.8, 4) is 11.5 Å². The van der Waals surface area contributed by atoms with Gasteiger partial charge in [0.2, 0.25) is 16.1 Å². The van der Waals surface area contributed by atoms with E-state index in [-0.39, 0.29) is 17.3 Å². The van der Waals surface area contributed by atoms with Gasteiger partial charge in [-0.3, -0.25) is 4.79 Å². The lowest BCUT2D eigenvalue weighted by Gasteiger charge is -2.31. The number of ether oxygens (including phenoxy) is 2. The molecule has 1 N–H and O–H groups in total. The first-order valence-electron chi connectivity index (χ1n) is 9.66. The Balaban J connectivity index is 1.62. The lowest BCUT2D eigenvalue weighted by Crippen LogP contribution is -2.48. The number of hydrogen-bond acceptors (Lipinski definition) is 5. The second kappa shape index (κ2) is 8.84. The zero-order chi connectivity index (χ0) is 21.0. The summed E-state index contributed by atoms with van der Waals surface area (Å²) in [4.78, 5) is 12.8. The molecule has 0 aromatic heterocycles. The Kier molecular flexibility index (Phi) is 6.44. The average Bonchev–Trinajstić information content (AvgIpc) is 2.72. The number of nitrogens with zero attached hydrogens (tertiary/aromatic N) is 1. The Morgan fingerprint density at radius 1 is 1.00 bits per heavy atom. The molecule has 2 unspecified atom stereocenters. The minimum Gasteiger partial charge on any atom is -0.482 e. The van der Waals surface area contributed by atoms with E-state index in [1.165, 1.54) is 4.31 Å². The van der Waals surface area contributed by atoms with Crippen molar-refractivity contribution in [2.45, 2.75) is 44.4 Å². The highest BCUT2D eigenvalue weighted by atomic mass is 32.2. The van der Waals surface area contributed by atoms with Crippen molar-refractivity contribution >= 4 is 15.9 Å². The topological polar surface area (TPSA) is 84.9 Å². The van der Waals surface area contributed by atoms with Gasteiger partial charge in [0.25, 0.3) is 5.91 Å². The summed E-state index contributed by atoms with van der Waals surface area (Å²) >= 11 is 0. The number of sulfonamides is 1. The second-order valence-electron chi connectivity index (χ2n) is 6.76. The SMILES string of the molecule is CCN(CC)S(=O)(=O)c1ccc(CNC(=O)C2Oc3ccccc3OC2C)cc1. The van der Waals surface area contributed by atoms with Crippen LogP contribution in [0.2, 0.25) is 0 Å². The molecule has 8 heteroatoms. The number of benzene rings is 2. The Hall–Kier alpha value is -2.58. The van der Waals surface area contributed by atoms with Crippen LogP contribution >= 0.6 is 0 Å². The minimum atomic E-state index is -3.49. The fourth-order valence-corrected chi connectivity index (χ4v) is 4.65. The van der Waals surface area contributed by atoms with Crippen molar-refractivity contribution in [3.05, 3.63) is 54.1 Å². The van der Waals surface area contributed by atoms with Crippen LogP contribution in [0.4, 0.5) is 0 Å². The third kappa shape index (κ3) is 4.54. The average molecular weight is 419 g/mol. The fourth-order valence-electron chi connectivity index (χ4n) is 3.19. The van der Waals surface area contributed by atoms with Crippen LogP contribution in [0.3, 0.4) is 0 Å². The standard InChI is InChI=1S/C21H26N2O5S/c1-4-23(5-2)29(25,26)17-12-10-16(11-13-17)14-22-21(24)20-15(3)27-18-8-6-7-9-19(18)28-20/h6-13,15,20H,4-5,14H2,1-3H3,(H,22,24). The van der Waals surface area contributed by atoms with Crippen LogP contribution in [0.1, 0.15) is 26.3 Å². The van der Waals surface area contributed by atoms with Crippen LogP contribution in [0.15, 0.2) is 53.4 Å². The second-order valence-corrected chi connectivity index (χ2v) is 8.70. The maximum absolute atomic E-state index is 12.6. The molecule has 1 heterocycles. The van der Waals surface area contributed by atoms with Gasteiger partial charge < -0.3 is 14.8 Å². The van der Waals surface area contributed by atoms with Gasteiger partial charge in [-0.25, -0.2) is 8.42 Å². The van der Waals surface area contributed by atoms with Crippen LogP contribution in [0.5, 0.6) is 11.5 Å². The Morgan fingerprint density at radius 3 is 2.17 bits per heavy atom. The summed E-state index contributed by atoms with van der Waals surface area (Å²) in [6.07, 6.45) is -1.18. The van der Waals surface area contributed by atoms with Gasteiger partial charge in [-0.2, -0.15) is 4.31 Å². The van der Waals surface area contributed by atoms with Crippen LogP contribution < -0.4 is 14.8 Å². The van der Waals surface area contributed by atoms with Gasteiger partial charge in [0.15, 0.2) is 11.5 Å². The van der Waals surface area contributed by atoms with Crippen molar-refractivity contribution in [1.82, 2.24) is 9.62 Å². The van der Waals surface area contributed by atoms with Gasteiger partial charge in [-0.1, -0.05) is 38.1 Å². The molecule has 2 atom stereocenters. The quantitative estimate of drug-likeness (QED) is 0.747. The van der Waals surface area contributed by atoms with Gasteiger partial charge in [-0.15, -0.1) is 0 Å².